The van der Waals surface area contributed by atoms with E-state index in [2.05, 4.69) is 25.8 Å². The van der Waals surface area contributed by atoms with Gasteiger partial charge in [-0.15, -0.1) is 0 Å². The lowest BCUT2D eigenvalue weighted by atomic mass is 10.3. The Bertz CT molecular complexity index is 551. The van der Waals surface area contributed by atoms with Crippen molar-refractivity contribution in [3.05, 3.63) is 22.4 Å². The fourth-order valence-corrected chi connectivity index (χ4v) is 3.22. The first-order valence-electron chi connectivity index (χ1n) is 7.58. The first-order valence-corrected chi connectivity index (χ1v) is 8.38. The first kappa shape index (κ1) is 14.6. The van der Waals surface area contributed by atoms with E-state index in [1.54, 1.807) is 0 Å². The molecular weight excluding hydrogens is 334 g/mol. The number of nitrogens with zero attached hydrogens (tertiary/aromatic N) is 2. The molecule has 1 aromatic rings. The Morgan fingerprint density at radius 1 is 1.43 bits per heavy atom. The molecule has 1 N–H and O–H groups in total. The number of rotatable bonds is 6. The third-order valence-corrected chi connectivity index (χ3v) is 4.48. The second-order valence-electron chi connectivity index (χ2n) is 5.78. The summed E-state index contributed by atoms with van der Waals surface area (Å²) in [7, 11) is 0. The van der Waals surface area contributed by atoms with Crippen molar-refractivity contribution in [1.29, 1.82) is 0 Å². The van der Waals surface area contributed by atoms with Gasteiger partial charge in [0.2, 0.25) is 5.91 Å². The number of carbonyl (C=O) groups is 2. The minimum absolute atomic E-state index is 0.0275. The normalized spacial score (nSPS) is 18.3. The lowest BCUT2D eigenvalue weighted by Gasteiger charge is -2.15. The molecule has 5 nitrogen and oxygen atoms in total. The average Bonchev–Trinajstić information content (AvgIpc) is 3.12. The molecule has 0 radical (unpaired) electrons. The van der Waals surface area contributed by atoms with Crippen molar-refractivity contribution in [2.45, 2.75) is 38.1 Å². The minimum Gasteiger partial charge on any atom is -0.351 e. The van der Waals surface area contributed by atoms with Crippen LogP contribution in [0.15, 0.2) is 16.7 Å². The molecule has 1 saturated carbocycles. The maximum Gasteiger partial charge on any atom is 0.267 e. The summed E-state index contributed by atoms with van der Waals surface area (Å²) >= 11 is 3.44. The van der Waals surface area contributed by atoms with E-state index in [1.807, 2.05) is 17.2 Å². The molecule has 1 aliphatic heterocycles. The number of likely N-dealkylation sites (tertiary alicyclic amines) is 1. The lowest BCUT2D eigenvalue weighted by Crippen LogP contribution is -2.31. The molecule has 1 aliphatic carbocycles. The maximum atomic E-state index is 12.2. The third-order valence-electron chi connectivity index (χ3n) is 4.05. The van der Waals surface area contributed by atoms with Gasteiger partial charge in [-0.1, -0.05) is 0 Å². The van der Waals surface area contributed by atoms with Gasteiger partial charge < -0.3 is 14.8 Å². The average molecular weight is 354 g/mol. The Morgan fingerprint density at radius 2 is 2.24 bits per heavy atom. The van der Waals surface area contributed by atoms with E-state index >= 15 is 0 Å². The van der Waals surface area contributed by atoms with Crippen LogP contribution in [0, 0.1) is 0 Å². The minimum atomic E-state index is -0.0275. The highest BCUT2D eigenvalue weighted by Crippen LogP contribution is 2.37. The Labute approximate surface area is 132 Å². The summed E-state index contributed by atoms with van der Waals surface area (Å²) in [6.45, 7) is 2.22. The van der Waals surface area contributed by atoms with Crippen LogP contribution < -0.4 is 5.32 Å². The second-order valence-corrected chi connectivity index (χ2v) is 6.69. The SMILES string of the molecule is O=C(NCCCN1CCCC1=O)c1cc(Br)cn1C1CC1. The molecule has 0 spiro atoms. The van der Waals surface area contributed by atoms with Crippen molar-refractivity contribution in [3.63, 3.8) is 0 Å². The second kappa shape index (κ2) is 6.22. The largest absolute Gasteiger partial charge is 0.351 e. The molecule has 2 heterocycles. The highest BCUT2D eigenvalue weighted by Gasteiger charge is 2.27. The molecule has 0 unspecified atom stereocenters. The number of halogens is 1. The molecule has 21 heavy (non-hydrogen) atoms. The lowest BCUT2D eigenvalue weighted by molar-refractivity contribution is -0.127. The predicted octanol–water partition coefficient (Wildman–Crippen LogP) is 2.33. The first-order chi connectivity index (χ1) is 10.1. The molecule has 0 bridgehead atoms. The number of hydrogen-bond acceptors (Lipinski definition) is 2. The van der Waals surface area contributed by atoms with Gasteiger partial charge in [0.1, 0.15) is 5.69 Å². The van der Waals surface area contributed by atoms with Gasteiger partial charge >= 0.3 is 0 Å². The number of aromatic nitrogens is 1. The summed E-state index contributed by atoms with van der Waals surface area (Å²) in [5.74, 6) is 0.216. The smallest absolute Gasteiger partial charge is 0.267 e. The molecular formula is C15H20BrN3O2. The van der Waals surface area contributed by atoms with Gasteiger partial charge in [0, 0.05) is 42.8 Å². The molecule has 0 atom stereocenters. The van der Waals surface area contributed by atoms with Crippen LogP contribution in [0.3, 0.4) is 0 Å². The molecule has 2 amide bonds. The summed E-state index contributed by atoms with van der Waals surface area (Å²) in [6, 6.07) is 2.36. The van der Waals surface area contributed by atoms with Crippen molar-refractivity contribution < 1.29 is 9.59 Å². The fourth-order valence-electron chi connectivity index (χ4n) is 2.79. The van der Waals surface area contributed by atoms with Gasteiger partial charge in [-0.25, -0.2) is 0 Å². The van der Waals surface area contributed by atoms with E-state index in [4.69, 9.17) is 0 Å². The number of nitrogens with one attached hydrogen (secondary N) is 1. The quantitative estimate of drug-likeness (QED) is 0.798. The van der Waals surface area contributed by atoms with Crippen LogP contribution in [0.1, 0.15) is 48.6 Å². The molecule has 2 aliphatic rings. The van der Waals surface area contributed by atoms with Gasteiger partial charge in [0.25, 0.3) is 5.91 Å². The molecule has 2 fully saturated rings. The zero-order chi connectivity index (χ0) is 14.8. The Morgan fingerprint density at radius 3 is 2.90 bits per heavy atom. The highest BCUT2D eigenvalue weighted by molar-refractivity contribution is 9.10. The van der Waals surface area contributed by atoms with Crippen LogP contribution in [-0.4, -0.2) is 40.9 Å². The number of amides is 2. The molecule has 6 heteroatoms. The van der Waals surface area contributed by atoms with Crippen molar-refractivity contribution >= 4 is 27.7 Å². The van der Waals surface area contributed by atoms with Gasteiger partial charge in [0.15, 0.2) is 0 Å². The topological polar surface area (TPSA) is 54.3 Å². The van der Waals surface area contributed by atoms with Crippen LogP contribution in [-0.2, 0) is 4.79 Å². The molecule has 3 rings (SSSR count). The van der Waals surface area contributed by atoms with Crippen LogP contribution >= 0.6 is 15.9 Å². The van der Waals surface area contributed by atoms with E-state index in [0.29, 0.717) is 19.0 Å². The number of carbonyl (C=O) groups excluding carboxylic acids is 2. The Balaban J connectivity index is 1.47. The van der Waals surface area contributed by atoms with Gasteiger partial charge in [-0.2, -0.15) is 0 Å². The van der Waals surface area contributed by atoms with E-state index < -0.39 is 0 Å². The summed E-state index contributed by atoms with van der Waals surface area (Å²) < 4.78 is 3.01. The molecule has 0 aromatic carbocycles. The maximum absolute atomic E-state index is 12.2. The standard InChI is InChI=1S/C15H20BrN3O2/c16-11-9-13(19(10-11)12-4-5-12)15(21)17-6-2-8-18-7-1-3-14(18)20/h9-10,12H,1-8H2,(H,17,21). The van der Waals surface area contributed by atoms with Crippen LogP contribution in [0.25, 0.3) is 0 Å². The Kier molecular flexibility index (Phi) is 4.33. The predicted molar refractivity (Wildman–Crippen MR) is 83.2 cm³/mol. The zero-order valence-corrected chi connectivity index (χ0v) is 13.6. The van der Waals surface area contributed by atoms with E-state index in [-0.39, 0.29) is 11.8 Å². The van der Waals surface area contributed by atoms with E-state index in [9.17, 15) is 9.59 Å². The third kappa shape index (κ3) is 3.48. The van der Waals surface area contributed by atoms with Gasteiger partial charge in [0.05, 0.1) is 0 Å². The van der Waals surface area contributed by atoms with Crippen molar-refractivity contribution in [2.75, 3.05) is 19.6 Å². The monoisotopic (exact) mass is 353 g/mol. The highest BCUT2D eigenvalue weighted by atomic mass is 79.9. The summed E-state index contributed by atoms with van der Waals surface area (Å²) in [4.78, 5) is 25.6. The molecule has 1 saturated heterocycles. The Hall–Kier alpha value is -1.30. The van der Waals surface area contributed by atoms with E-state index in [0.717, 1.165) is 48.9 Å². The van der Waals surface area contributed by atoms with E-state index in [1.165, 1.54) is 0 Å². The van der Waals surface area contributed by atoms with Gasteiger partial charge in [-0.05, 0) is 47.7 Å². The summed E-state index contributed by atoms with van der Waals surface area (Å²) in [6.07, 6.45) is 6.73. The number of hydrogen-bond donors (Lipinski definition) is 1. The van der Waals surface area contributed by atoms with Crippen molar-refractivity contribution in [1.82, 2.24) is 14.8 Å². The van der Waals surface area contributed by atoms with Crippen molar-refractivity contribution in [3.8, 4) is 0 Å². The van der Waals surface area contributed by atoms with Crippen LogP contribution in [0.2, 0.25) is 0 Å². The van der Waals surface area contributed by atoms with Crippen LogP contribution in [0.5, 0.6) is 0 Å². The zero-order valence-electron chi connectivity index (χ0n) is 12.0. The van der Waals surface area contributed by atoms with Crippen LogP contribution in [0.4, 0.5) is 0 Å². The molecule has 1 aromatic heterocycles. The molecule has 114 valence electrons. The van der Waals surface area contributed by atoms with Gasteiger partial charge in [-0.3, -0.25) is 9.59 Å². The summed E-state index contributed by atoms with van der Waals surface area (Å²) in [5, 5.41) is 2.96. The summed E-state index contributed by atoms with van der Waals surface area (Å²) in [5.41, 5.74) is 0.724. The van der Waals surface area contributed by atoms with Crippen molar-refractivity contribution in [2.24, 2.45) is 0 Å². The fraction of sp³-hybridized carbons (Fsp3) is 0.600.